The first kappa shape index (κ1) is 9.32. The van der Waals surface area contributed by atoms with Crippen molar-refractivity contribution in [2.75, 3.05) is 13.2 Å². The number of rotatable bonds is 4. The van der Waals surface area contributed by atoms with Gasteiger partial charge in [-0.25, -0.2) is 4.79 Å². The molecule has 0 bridgehead atoms. The molecule has 0 heterocycles. The summed E-state index contributed by atoms with van der Waals surface area (Å²) in [5.41, 5.74) is 5.49. The SMILES string of the molecule is CCOC(=O)NC(CN)C1CC1. The van der Waals surface area contributed by atoms with Gasteiger partial charge < -0.3 is 15.8 Å². The summed E-state index contributed by atoms with van der Waals surface area (Å²) in [5.74, 6) is 0.583. The number of carbonyl (C=O) groups is 1. The molecule has 1 atom stereocenters. The maximum atomic E-state index is 11.0. The van der Waals surface area contributed by atoms with Crippen LogP contribution in [-0.4, -0.2) is 25.3 Å². The summed E-state index contributed by atoms with van der Waals surface area (Å²) in [5, 5.41) is 2.74. The van der Waals surface area contributed by atoms with E-state index in [0.29, 0.717) is 19.1 Å². The quantitative estimate of drug-likeness (QED) is 0.648. The molecule has 0 saturated heterocycles. The molecule has 0 spiro atoms. The fraction of sp³-hybridized carbons (Fsp3) is 0.875. The van der Waals surface area contributed by atoms with Gasteiger partial charge in [-0.05, 0) is 25.7 Å². The molecular weight excluding hydrogens is 156 g/mol. The van der Waals surface area contributed by atoms with Crippen molar-refractivity contribution in [3.8, 4) is 0 Å². The summed E-state index contributed by atoms with van der Waals surface area (Å²) < 4.78 is 4.75. The molecule has 0 aromatic carbocycles. The standard InChI is InChI=1S/C8H16N2O2/c1-2-12-8(11)10-7(5-9)6-3-4-6/h6-7H,2-5,9H2,1H3,(H,10,11). The van der Waals surface area contributed by atoms with Crippen LogP contribution in [0.15, 0.2) is 0 Å². The number of alkyl carbamates (subject to hydrolysis) is 1. The van der Waals surface area contributed by atoms with Gasteiger partial charge in [0.05, 0.1) is 6.61 Å². The van der Waals surface area contributed by atoms with E-state index in [2.05, 4.69) is 5.32 Å². The molecule has 1 unspecified atom stereocenters. The molecule has 0 aromatic rings. The maximum Gasteiger partial charge on any atom is 0.407 e. The normalized spacial score (nSPS) is 18.5. The molecule has 0 radical (unpaired) electrons. The largest absolute Gasteiger partial charge is 0.450 e. The number of carbonyl (C=O) groups excluding carboxylic acids is 1. The number of nitrogens with two attached hydrogens (primary N) is 1. The Morgan fingerprint density at radius 2 is 2.42 bits per heavy atom. The molecule has 4 heteroatoms. The second-order valence-corrected chi connectivity index (χ2v) is 3.04. The first-order chi connectivity index (χ1) is 5.77. The smallest absolute Gasteiger partial charge is 0.407 e. The average molecular weight is 172 g/mol. The molecule has 1 fully saturated rings. The Bertz CT molecular complexity index is 157. The third kappa shape index (κ3) is 2.70. The second kappa shape index (κ2) is 4.30. The van der Waals surface area contributed by atoms with E-state index >= 15 is 0 Å². The lowest BCUT2D eigenvalue weighted by molar-refractivity contribution is 0.147. The van der Waals surface area contributed by atoms with Crippen molar-refractivity contribution < 1.29 is 9.53 Å². The van der Waals surface area contributed by atoms with E-state index in [0.717, 1.165) is 0 Å². The van der Waals surface area contributed by atoms with Crippen molar-refractivity contribution in [1.29, 1.82) is 0 Å². The zero-order valence-corrected chi connectivity index (χ0v) is 7.38. The first-order valence-electron chi connectivity index (χ1n) is 4.41. The number of ether oxygens (including phenoxy) is 1. The van der Waals surface area contributed by atoms with Crippen molar-refractivity contribution >= 4 is 6.09 Å². The summed E-state index contributed by atoms with van der Waals surface area (Å²) in [6.07, 6.45) is 2.00. The third-order valence-corrected chi connectivity index (χ3v) is 2.02. The van der Waals surface area contributed by atoms with Gasteiger partial charge >= 0.3 is 6.09 Å². The highest BCUT2D eigenvalue weighted by Gasteiger charge is 2.31. The number of amides is 1. The Balaban J connectivity index is 2.21. The summed E-state index contributed by atoms with van der Waals surface area (Å²) in [6, 6.07) is 0.115. The van der Waals surface area contributed by atoms with Crippen molar-refractivity contribution in [3.05, 3.63) is 0 Å². The topological polar surface area (TPSA) is 64.3 Å². The van der Waals surface area contributed by atoms with Crippen LogP contribution in [0.1, 0.15) is 19.8 Å². The average Bonchev–Trinajstić information content (AvgIpc) is 2.83. The van der Waals surface area contributed by atoms with Crippen LogP contribution in [0, 0.1) is 5.92 Å². The monoisotopic (exact) mass is 172 g/mol. The highest BCUT2D eigenvalue weighted by atomic mass is 16.5. The van der Waals surface area contributed by atoms with E-state index in [9.17, 15) is 4.79 Å². The van der Waals surface area contributed by atoms with Crippen LogP contribution in [0.3, 0.4) is 0 Å². The first-order valence-corrected chi connectivity index (χ1v) is 4.41. The van der Waals surface area contributed by atoms with Crippen LogP contribution < -0.4 is 11.1 Å². The molecule has 1 amide bonds. The van der Waals surface area contributed by atoms with Crippen LogP contribution in [0.25, 0.3) is 0 Å². The molecule has 70 valence electrons. The van der Waals surface area contributed by atoms with E-state index in [4.69, 9.17) is 10.5 Å². The van der Waals surface area contributed by atoms with Gasteiger partial charge in [0.2, 0.25) is 0 Å². The van der Waals surface area contributed by atoms with Crippen LogP contribution in [0.5, 0.6) is 0 Å². The Hall–Kier alpha value is -0.770. The Morgan fingerprint density at radius 1 is 1.75 bits per heavy atom. The number of hydrogen-bond acceptors (Lipinski definition) is 3. The molecule has 12 heavy (non-hydrogen) atoms. The predicted molar refractivity (Wildman–Crippen MR) is 45.7 cm³/mol. The highest BCUT2D eigenvalue weighted by Crippen LogP contribution is 2.32. The summed E-state index contributed by atoms with van der Waals surface area (Å²) >= 11 is 0. The Morgan fingerprint density at radius 3 is 2.83 bits per heavy atom. The summed E-state index contributed by atoms with van der Waals surface area (Å²) in [6.45, 7) is 2.70. The Kier molecular flexibility index (Phi) is 3.34. The van der Waals surface area contributed by atoms with E-state index in [1.165, 1.54) is 12.8 Å². The maximum absolute atomic E-state index is 11.0. The van der Waals surface area contributed by atoms with Crippen molar-refractivity contribution in [3.63, 3.8) is 0 Å². The van der Waals surface area contributed by atoms with Crippen molar-refractivity contribution in [2.24, 2.45) is 11.7 Å². The van der Waals surface area contributed by atoms with Gasteiger partial charge in [-0.1, -0.05) is 0 Å². The molecule has 1 rings (SSSR count). The van der Waals surface area contributed by atoms with Gasteiger partial charge in [0.1, 0.15) is 0 Å². The Labute approximate surface area is 72.5 Å². The number of nitrogens with one attached hydrogen (secondary N) is 1. The summed E-state index contributed by atoms with van der Waals surface area (Å²) in [4.78, 5) is 11.0. The third-order valence-electron chi connectivity index (χ3n) is 2.02. The van der Waals surface area contributed by atoms with Gasteiger partial charge in [0.15, 0.2) is 0 Å². The van der Waals surface area contributed by atoms with Crippen molar-refractivity contribution in [2.45, 2.75) is 25.8 Å². The zero-order chi connectivity index (χ0) is 8.97. The minimum Gasteiger partial charge on any atom is -0.450 e. The lowest BCUT2D eigenvalue weighted by atomic mass is 10.2. The molecule has 0 aromatic heterocycles. The minimum absolute atomic E-state index is 0.115. The van der Waals surface area contributed by atoms with Gasteiger partial charge in [-0.15, -0.1) is 0 Å². The predicted octanol–water partition coefficient (Wildman–Crippen LogP) is 0.470. The van der Waals surface area contributed by atoms with Crippen molar-refractivity contribution in [1.82, 2.24) is 5.32 Å². The summed E-state index contributed by atoms with van der Waals surface area (Å²) in [7, 11) is 0. The molecule has 3 N–H and O–H groups in total. The van der Waals surface area contributed by atoms with E-state index in [-0.39, 0.29) is 12.1 Å². The van der Waals surface area contributed by atoms with Gasteiger partial charge in [-0.3, -0.25) is 0 Å². The molecule has 1 aliphatic carbocycles. The molecule has 1 aliphatic rings. The van der Waals surface area contributed by atoms with Crippen LogP contribution in [-0.2, 0) is 4.74 Å². The highest BCUT2D eigenvalue weighted by molar-refractivity contribution is 5.67. The van der Waals surface area contributed by atoms with E-state index in [1.807, 2.05) is 0 Å². The molecular formula is C8H16N2O2. The van der Waals surface area contributed by atoms with Gasteiger partial charge in [0, 0.05) is 12.6 Å². The second-order valence-electron chi connectivity index (χ2n) is 3.04. The van der Waals surface area contributed by atoms with Gasteiger partial charge in [-0.2, -0.15) is 0 Å². The fourth-order valence-corrected chi connectivity index (χ4v) is 1.19. The zero-order valence-electron chi connectivity index (χ0n) is 7.38. The lowest BCUT2D eigenvalue weighted by Gasteiger charge is -2.14. The lowest BCUT2D eigenvalue weighted by Crippen LogP contribution is -2.41. The molecule has 1 saturated carbocycles. The molecule has 0 aliphatic heterocycles. The van der Waals surface area contributed by atoms with E-state index < -0.39 is 0 Å². The van der Waals surface area contributed by atoms with Gasteiger partial charge in [0.25, 0.3) is 0 Å². The van der Waals surface area contributed by atoms with Crippen LogP contribution >= 0.6 is 0 Å². The minimum atomic E-state index is -0.347. The van der Waals surface area contributed by atoms with Crippen LogP contribution in [0.2, 0.25) is 0 Å². The molecule has 4 nitrogen and oxygen atoms in total. The number of hydrogen-bond donors (Lipinski definition) is 2. The van der Waals surface area contributed by atoms with Crippen LogP contribution in [0.4, 0.5) is 4.79 Å². The van der Waals surface area contributed by atoms with E-state index in [1.54, 1.807) is 6.92 Å². The fourth-order valence-electron chi connectivity index (χ4n) is 1.19.